The quantitative estimate of drug-likeness (QED) is 0.495. The topological polar surface area (TPSA) is 27.7 Å². The van der Waals surface area contributed by atoms with Gasteiger partial charge in [-0.15, -0.1) is 11.3 Å². The van der Waals surface area contributed by atoms with Crippen LogP contribution in [0.5, 0.6) is 5.75 Å². The molecule has 0 bridgehead atoms. The third-order valence-corrected chi connectivity index (χ3v) is 6.83. The summed E-state index contributed by atoms with van der Waals surface area (Å²) in [7, 11) is 2.00. The highest BCUT2D eigenvalue weighted by Gasteiger charge is 2.20. The average molecular weight is 436 g/mol. The van der Waals surface area contributed by atoms with Crippen molar-refractivity contribution in [3.05, 3.63) is 88.1 Å². The molecule has 0 unspecified atom stereocenters. The summed E-state index contributed by atoms with van der Waals surface area (Å²) in [6, 6.07) is 23.6. The van der Waals surface area contributed by atoms with Crippen LogP contribution in [0.4, 0.5) is 0 Å². The highest BCUT2D eigenvalue weighted by molar-refractivity contribution is 7.10. The molecule has 1 saturated heterocycles. The normalized spacial score (nSPS) is 16.3. The molecule has 1 N–H and O–H groups in total. The van der Waals surface area contributed by atoms with Gasteiger partial charge in [0.2, 0.25) is 0 Å². The molecule has 1 aliphatic heterocycles. The third-order valence-electron chi connectivity index (χ3n) is 5.87. The molecule has 1 aliphatic rings. The Morgan fingerprint density at radius 2 is 1.58 bits per heavy atom. The number of rotatable bonds is 10. The van der Waals surface area contributed by atoms with Crippen LogP contribution in [0.25, 0.3) is 0 Å². The molecule has 31 heavy (non-hydrogen) atoms. The molecule has 5 heteroatoms. The average Bonchev–Trinajstić information content (AvgIpc) is 3.35. The molecule has 0 radical (unpaired) electrons. The van der Waals surface area contributed by atoms with E-state index < -0.39 is 0 Å². The van der Waals surface area contributed by atoms with Gasteiger partial charge in [-0.3, -0.25) is 9.80 Å². The van der Waals surface area contributed by atoms with Crippen LogP contribution < -0.4 is 10.1 Å². The Morgan fingerprint density at radius 3 is 2.29 bits per heavy atom. The first-order valence-corrected chi connectivity index (χ1v) is 12.1. The molecule has 3 aromatic rings. The summed E-state index contributed by atoms with van der Waals surface area (Å²) in [5, 5.41) is 5.39. The molecule has 4 rings (SSSR count). The van der Waals surface area contributed by atoms with Crippen LogP contribution in [-0.4, -0.2) is 49.6 Å². The van der Waals surface area contributed by atoms with E-state index in [0.717, 1.165) is 58.0 Å². The van der Waals surface area contributed by atoms with Crippen LogP contribution in [0.1, 0.15) is 28.5 Å². The van der Waals surface area contributed by atoms with Crippen molar-refractivity contribution in [3.8, 4) is 5.75 Å². The zero-order valence-corrected chi connectivity index (χ0v) is 19.2. The summed E-state index contributed by atoms with van der Waals surface area (Å²) in [4.78, 5) is 6.40. The van der Waals surface area contributed by atoms with Gasteiger partial charge in [0.15, 0.2) is 0 Å². The molecular formula is C26H33N3OS. The van der Waals surface area contributed by atoms with Gasteiger partial charge in [-0.2, -0.15) is 0 Å². The van der Waals surface area contributed by atoms with Gasteiger partial charge in [0.1, 0.15) is 11.9 Å². The second-order valence-electron chi connectivity index (χ2n) is 8.16. The van der Waals surface area contributed by atoms with Gasteiger partial charge >= 0.3 is 0 Å². The molecule has 0 aliphatic carbocycles. The van der Waals surface area contributed by atoms with E-state index in [1.54, 1.807) is 11.3 Å². The smallest absolute Gasteiger partial charge is 0.134 e. The second kappa shape index (κ2) is 11.4. The lowest BCUT2D eigenvalue weighted by Gasteiger charge is -2.35. The molecule has 0 saturated carbocycles. The largest absolute Gasteiger partial charge is 0.485 e. The number of nitrogens with zero attached hydrogens (tertiary/aromatic N) is 2. The standard InChI is InChI=1S/C26H33N3OS/c1-27-14-13-25(26-12-7-19-31-26)30-24-11-6-5-10-23(24)21-29-17-15-28(16-18-29)20-22-8-3-2-4-9-22/h2-12,19,25,27H,13-18,20-21H2,1H3/t25-/m1/s1. The van der Waals surface area contributed by atoms with E-state index in [9.17, 15) is 0 Å². The predicted octanol–water partition coefficient (Wildman–Crippen LogP) is 4.80. The van der Waals surface area contributed by atoms with Gasteiger partial charge < -0.3 is 10.1 Å². The summed E-state index contributed by atoms with van der Waals surface area (Å²) in [5.41, 5.74) is 2.68. The predicted molar refractivity (Wildman–Crippen MR) is 130 cm³/mol. The molecule has 164 valence electrons. The van der Waals surface area contributed by atoms with Crippen molar-refractivity contribution in [1.82, 2.24) is 15.1 Å². The van der Waals surface area contributed by atoms with Gasteiger partial charge in [-0.25, -0.2) is 0 Å². The van der Waals surface area contributed by atoms with Crippen LogP contribution in [-0.2, 0) is 13.1 Å². The summed E-state index contributed by atoms with van der Waals surface area (Å²) in [6.45, 7) is 7.33. The fraction of sp³-hybridized carbons (Fsp3) is 0.385. The minimum atomic E-state index is 0.0938. The molecule has 1 atom stereocenters. The van der Waals surface area contributed by atoms with E-state index in [1.807, 2.05) is 7.05 Å². The Bertz CT molecular complexity index is 892. The molecule has 2 aromatic carbocycles. The number of para-hydroxylation sites is 1. The maximum Gasteiger partial charge on any atom is 0.134 e. The van der Waals surface area contributed by atoms with Crippen LogP contribution >= 0.6 is 11.3 Å². The lowest BCUT2D eigenvalue weighted by molar-refractivity contribution is 0.119. The lowest BCUT2D eigenvalue weighted by atomic mass is 10.1. The van der Waals surface area contributed by atoms with Crippen molar-refractivity contribution in [2.75, 3.05) is 39.8 Å². The highest BCUT2D eigenvalue weighted by atomic mass is 32.1. The van der Waals surface area contributed by atoms with E-state index in [-0.39, 0.29) is 6.10 Å². The fourth-order valence-electron chi connectivity index (χ4n) is 4.10. The van der Waals surface area contributed by atoms with Crippen LogP contribution in [0.15, 0.2) is 72.1 Å². The first-order chi connectivity index (χ1) is 15.3. The monoisotopic (exact) mass is 435 g/mol. The van der Waals surface area contributed by atoms with Crippen molar-refractivity contribution in [2.45, 2.75) is 25.6 Å². The van der Waals surface area contributed by atoms with E-state index in [1.165, 1.54) is 16.0 Å². The van der Waals surface area contributed by atoms with Gasteiger partial charge in [0, 0.05) is 56.1 Å². The van der Waals surface area contributed by atoms with E-state index in [2.05, 4.69) is 87.2 Å². The van der Waals surface area contributed by atoms with Crippen LogP contribution in [0.2, 0.25) is 0 Å². The number of hydrogen-bond donors (Lipinski definition) is 1. The van der Waals surface area contributed by atoms with E-state index >= 15 is 0 Å². The first-order valence-electron chi connectivity index (χ1n) is 11.2. The molecule has 4 nitrogen and oxygen atoms in total. The third kappa shape index (κ3) is 6.40. The van der Waals surface area contributed by atoms with Gasteiger partial charge in [0.05, 0.1) is 0 Å². The summed E-state index contributed by atoms with van der Waals surface area (Å²) < 4.78 is 6.57. The molecule has 0 spiro atoms. The SMILES string of the molecule is CNCC[C@@H](Oc1ccccc1CN1CCN(Cc2ccccc2)CC1)c1cccs1. The molecule has 1 aromatic heterocycles. The van der Waals surface area contributed by atoms with Crippen LogP contribution in [0, 0.1) is 0 Å². The Balaban J connectivity index is 1.35. The molecular weight excluding hydrogens is 402 g/mol. The zero-order chi connectivity index (χ0) is 21.3. The number of piperazine rings is 1. The maximum atomic E-state index is 6.57. The molecule has 0 amide bonds. The Kier molecular flexibility index (Phi) is 8.13. The summed E-state index contributed by atoms with van der Waals surface area (Å²) in [6.07, 6.45) is 1.06. The number of thiophene rings is 1. The minimum absolute atomic E-state index is 0.0938. The van der Waals surface area contributed by atoms with Crippen molar-refractivity contribution in [2.24, 2.45) is 0 Å². The van der Waals surface area contributed by atoms with Gasteiger partial charge in [-0.05, 0) is 36.7 Å². The number of ether oxygens (including phenoxy) is 1. The second-order valence-corrected chi connectivity index (χ2v) is 9.14. The number of nitrogens with one attached hydrogen (secondary N) is 1. The lowest BCUT2D eigenvalue weighted by Crippen LogP contribution is -2.45. The highest BCUT2D eigenvalue weighted by Crippen LogP contribution is 2.30. The minimum Gasteiger partial charge on any atom is -0.485 e. The van der Waals surface area contributed by atoms with Crippen molar-refractivity contribution >= 4 is 11.3 Å². The Morgan fingerprint density at radius 1 is 0.871 bits per heavy atom. The molecule has 1 fully saturated rings. The van der Waals surface area contributed by atoms with E-state index in [0.29, 0.717) is 0 Å². The Hall–Kier alpha value is -2.18. The summed E-state index contributed by atoms with van der Waals surface area (Å²) >= 11 is 1.77. The van der Waals surface area contributed by atoms with Crippen molar-refractivity contribution < 1.29 is 4.74 Å². The number of hydrogen-bond acceptors (Lipinski definition) is 5. The Labute approximate surface area is 190 Å². The maximum absolute atomic E-state index is 6.57. The van der Waals surface area contributed by atoms with Crippen LogP contribution in [0.3, 0.4) is 0 Å². The zero-order valence-electron chi connectivity index (χ0n) is 18.4. The van der Waals surface area contributed by atoms with Gasteiger partial charge in [0.25, 0.3) is 0 Å². The first kappa shape index (κ1) is 22.0. The van der Waals surface area contributed by atoms with Crippen molar-refractivity contribution in [3.63, 3.8) is 0 Å². The fourth-order valence-corrected chi connectivity index (χ4v) is 4.89. The van der Waals surface area contributed by atoms with E-state index in [4.69, 9.17) is 4.74 Å². The van der Waals surface area contributed by atoms with Crippen molar-refractivity contribution in [1.29, 1.82) is 0 Å². The molecule has 2 heterocycles. The number of benzene rings is 2. The summed E-state index contributed by atoms with van der Waals surface area (Å²) in [5.74, 6) is 1.02. The van der Waals surface area contributed by atoms with Gasteiger partial charge in [-0.1, -0.05) is 54.6 Å².